The van der Waals surface area contributed by atoms with Crippen LogP contribution < -0.4 is 9.64 Å². The van der Waals surface area contributed by atoms with Crippen LogP contribution in [0.1, 0.15) is 36.1 Å². The minimum atomic E-state index is -1.09. The third kappa shape index (κ3) is 5.07. The molecule has 176 valence electrons. The van der Waals surface area contributed by atoms with Gasteiger partial charge in [-0.1, -0.05) is 24.3 Å². The fourth-order valence-electron chi connectivity index (χ4n) is 4.20. The summed E-state index contributed by atoms with van der Waals surface area (Å²) in [6.07, 6.45) is -0.159. The van der Waals surface area contributed by atoms with Gasteiger partial charge in [-0.05, 0) is 72.5 Å². The molecule has 1 fully saturated rings. The van der Waals surface area contributed by atoms with Crippen molar-refractivity contribution in [2.24, 2.45) is 5.92 Å². The first-order valence-electron chi connectivity index (χ1n) is 10.8. The minimum absolute atomic E-state index is 0.144. The van der Waals surface area contributed by atoms with Crippen LogP contribution in [-0.4, -0.2) is 28.7 Å². The van der Waals surface area contributed by atoms with Gasteiger partial charge in [0.25, 0.3) is 0 Å². The smallest absolute Gasteiger partial charge is 0.341 e. The topological polar surface area (TPSA) is 87.1 Å². The first-order chi connectivity index (χ1) is 16.3. The third-order valence-corrected chi connectivity index (χ3v) is 5.91. The van der Waals surface area contributed by atoms with E-state index in [4.69, 9.17) is 9.84 Å². The van der Waals surface area contributed by atoms with Crippen molar-refractivity contribution in [3.63, 3.8) is 0 Å². The summed E-state index contributed by atoms with van der Waals surface area (Å²) in [6.45, 7) is -0.465. The zero-order chi connectivity index (χ0) is 24.2. The van der Waals surface area contributed by atoms with Crippen molar-refractivity contribution in [3.05, 3.63) is 95.6 Å². The molecule has 1 aliphatic rings. The molecule has 6 nitrogen and oxygen atoms in total. The second kappa shape index (κ2) is 10.0. The molecule has 3 aromatic carbocycles. The number of hydrogen-bond donors (Lipinski definition) is 2. The summed E-state index contributed by atoms with van der Waals surface area (Å²) in [5, 5.41) is 19.3. The Balaban J connectivity index is 1.53. The number of carboxylic acid groups (broad SMARTS) is 1. The molecule has 4 rings (SSSR count). The number of nitrogens with zero attached hydrogens (tertiary/aromatic N) is 1. The summed E-state index contributed by atoms with van der Waals surface area (Å²) in [5.41, 5.74) is 1.92. The van der Waals surface area contributed by atoms with Gasteiger partial charge in [-0.25, -0.2) is 13.6 Å². The number of aliphatic hydroxyl groups excluding tert-OH is 1. The molecule has 0 saturated carbocycles. The number of amides is 1. The number of carbonyl (C=O) groups is 2. The van der Waals surface area contributed by atoms with Crippen molar-refractivity contribution in [2.75, 3.05) is 11.5 Å². The van der Waals surface area contributed by atoms with Crippen LogP contribution >= 0.6 is 0 Å². The Labute approximate surface area is 195 Å². The molecular weight excluding hydrogens is 444 g/mol. The predicted molar refractivity (Wildman–Crippen MR) is 120 cm³/mol. The molecule has 1 amide bonds. The first-order valence-corrected chi connectivity index (χ1v) is 10.8. The van der Waals surface area contributed by atoms with E-state index in [-0.39, 0.29) is 11.9 Å². The number of carbonyl (C=O) groups excluding carboxylic acids is 1. The summed E-state index contributed by atoms with van der Waals surface area (Å²) < 4.78 is 31.8. The Morgan fingerprint density at radius 2 is 1.53 bits per heavy atom. The van der Waals surface area contributed by atoms with Gasteiger partial charge in [-0.2, -0.15) is 0 Å². The van der Waals surface area contributed by atoms with E-state index in [1.165, 1.54) is 48.5 Å². The second-order valence-corrected chi connectivity index (χ2v) is 8.13. The minimum Gasteiger partial charge on any atom is -0.482 e. The first kappa shape index (κ1) is 23.4. The van der Waals surface area contributed by atoms with Crippen LogP contribution in [0, 0.1) is 17.6 Å². The molecule has 1 heterocycles. The molecular formula is C26H23F2NO5. The predicted octanol–water partition coefficient (Wildman–Crippen LogP) is 4.65. The van der Waals surface area contributed by atoms with Gasteiger partial charge >= 0.3 is 5.97 Å². The quantitative estimate of drug-likeness (QED) is 0.448. The van der Waals surface area contributed by atoms with Gasteiger partial charge in [0, 0.05) is 5.69 Å². The van der Waals surface area contributed by atoms with Crippen molar-refractivity contribution < 1.29 is 33.3 Å². The normalized spacial score (nSPS) is 18.3. The van der Waals surface area contributed by atoms with Gasteiger partial charge in [0.2, 0.25) is 5.91 Å². The van der Waals surface area contributed by atoms with Crippen LogP contribution in [0.4, 0.5) is 14.5 Å². The number of benzene rings is 3. The van der Waals surface area contributed by atoms with Gasteiger partial charge in [0.1, 0.15) is 17.4 Å². The average Bonchev–Trinajstić information content (AvgIpc) is 2.83. The molecule has 1 aliphatic heterocycles. The maximum Gasteiger partial charge on any atom is 0.341 e. The van der Waals surface area contributed by atoms with Crippen LogP contribution in [-0.2, 0) is 9.59 Å². The Morgan fingerprint density at radius 3 is 2.12 bits per heavy atom. The Morgan fingerprint density at radius 1 is 0.941 bits per heavy atom. The van der Waals surface area contributed by atoms with E-state index >= 15 is 0 Å². The lowest BCUT2D eigenvalue weighted by molar-refractivity contribution is -0.139. The highest BCUT2D eigenvalue weighted by molar-refractivity contribution is 6.03. The van der Waals surface area contributed by atoms with E-state index < -0.39 is 36.2 Å². The Hall–Kier alpha value is -3.78. The number of carboxylic acids is 1. The number of hydrogen-bond acceptors (Lipinski definition) is 4. The van der Waals surface area contributed by atoms with Crippen molar-refractivity contribution in [2.45, 2.75) is 25.0 Å². The highest BCUT2D eigenvalue weighted by Crippen LogP contribution is 2.46. The van der Waals surface area contributed by atoms with Crippen molar-refractivity contribution in [1.29, 1.82) is 0 Å². The van der Waals surface area contributed by atoms with E-state index in [1.54, 1.807) is 29.2 Å². The van der Waals surface area contributed by atoms with E-state index in [2.05, 4.69) is 0 Å². The van der Waals surface area contributed by atoms with Gasteiger partial charge in [-0.3, -0.25) is 4.79 Å². The zero-order valence-corrected chi connectivity index (χ0v) is 18.1. The highest BCUT2D eigenvalue weighted by Gasteiger charge is 2.48. The van der Waals surface area contributed by atoms with E-state index in [9.17, 15) is 23.5 Å². The molecule has 0 bridgehead atoms. The van der Waals surface area contributed by atoms with Gasteiger partial charge in [-0.15, -0.1) is 0 Å². The number of halogens is 2. The van der Waals surface area contributed by atoms with E-state index in [0.29, 0.717) is 29.8 Å². The van der Waals surface area contributed by atoms with Crippen LogP contribution in [0.3, 0.4) is 0 Å². The molecule has 3 atom stereocenters. The molecule has 1 saturated heterocycles. The molecule has 0 spiro atoms. The summed E-state index contributed by atoms with van der Waals surface area (Å²) in [7, 11) is 0. The van der Waals surface area contributed by atoms with E-state index in [1.807, 2.05) is 0 Å². The fraction of sp³-hybridized carbons (Fsp3) is 0.231. The molecule has 8 heteroatoms. The molecule has 3 aromatic rings. The molecule has 0 aromatic heterocycles. The maximum absolute atomic E-state index is 13.4. The monoisotopic (exact) mass is 467 g/mol. The lowest BCUT2D eigenvalue weighted by Gasteiger charge is -2.48. The average molecular weight is 467 g/mol. The summed E-state index contributed by atoms with van der Waals surface area (Å²) in [6, 6.07) is 17.7. The second-order valence-electron chi connectivity index (χ2n) is 8.13. The van der Waals surface area contributed by atoms with Crippen LogP contribution in [0.15, 0.2) is 72.8 Å². The third-order valence-electron chi connectivity index (χ3n) is 5.91. The zero-order valence-electron chi connectivity index (χ0n) is 18.1. The Bertz CT molecular complexity index is 1150. The fourth-order valence-corrected chi connectivity index (χ4v) is 4.20. The largest absolute Gasteiger partial charge is 0.482 e. The lowest BCUT2D eigenvalue weighted by atomic mass is 9.78. The van der Waals surface area contributed by atoms with Crippen LogP contribution in [0.5, 0.6) is 5.75 Å². The summed E-state index contributed by atoms with van der Waals surface area (Å²) in [4.78, 5) is 25.4. The van der Waals surface area contributed by atoms with Gasteiger partial charge in [0.15, 0.2) is 6.61 Å². The molecule has 3 unspecified atom stereocenters. The van der Waals surface area contributed by atoms with Crippen molar-refractivity contribution in [1.82, 2.24) is 0 Å². The number of anilines is 1. The lowest BCUT2D eigenvalue weighted by Crippen LogP contribution is -2.55. The highest BCUT2D eigenvalue weighted by atomic mass is 19.1. The Kier molecular flexibility index (Phi) is 6.88. The van der Waals surface area contributed by atoms with Gasteiger partial charge in [0.05, 0.1) is 18.1 Å². The SMILES string of the molecule is O=C(O)COc1ccc(C2C(CCC(O)c3ccc(F)cc3)C(=O)N2c2ccc(F)cc2)cc1. The number of aliphatic carboxylic acids is 1. The molecule has 0 radical (unpaired) electrons. The van der Waals surface area contributed by atoms with Crippen LogP contribution in [0.25, 0.3) is 0 Å². The van der Waals surface area contributed by atoms with Crippen molar-refractivity contribution in [3.8, 4) is 5.75 Å². The molecule has 0 aliphatic carbocycles. The maximum atomic E-state index is 13.4. The number of ether oxygens (including phenoxy) is 1. The van der Waals surface area contributed by atoms with Gasteiger partial charge < -0.3 is 19.8 Å². The summed E-state index contributed by atoms with van der Waals surface area (Å²) in [5.74, 6) is -2.08. The number of β-lactam (4-membered cyclic amide) rings is 1. The molecule has 2 N–H and O–H groups in total. The summed E-state index contributed by atoms with van der Waals surface area (Å²) >= 11 is 0. The number of aliphatic hydroxyl groups is 1. The standard InChI is InChI=1S/C26H23F2NO5/c27-18-5-1-16(2-6-18)23(30)14-13-22-25(17-3-11-21(12-4-17)34-15-24(31)32)29(26(22)33)20-9-7-19(28)8-10-20/h1-12,22-23,25,30H,13-15H2,(H,31,32). The van der Waals surface area contributed by atoms with Crippen molar-refractivity contribution >= 4 is 17.6 Å². The van der Waals surface area contributed by atoms with E-state index in [0.717, 1.165) is 5.56 Å². The van der Waals surface area contributed by atoms with Crippen LogP contribution in [0.2, 0.25) is 0 Å². The molecule has 34 heavy (non-hydrogen) atoms. The number of rotatable bonds is 9.